The molecule has 6 N–H and O–H groups in total. The number of nitrogens with one attached hydrogen (secondary N) is 1. The molecule has 2 aromatic carbocycles. The van der Waals surface area contributed by atoms with Gasteiger partial charge in [-0.2, -0.15) is 17.5 Å². The molecule has 1 aliphatic carbocycles. The Kier molecular flexibility index (Phi) is 8.09. The molecule has 4 rings (SSSR count). The summed E-state index contributed by atoms with van der Waals surface area (Å²) in [7, 11) is 0. The lowest BCUT2D eigenvalue weighted by atomic mass is 9.94. The van der Waals surface area contributed by atoms with E-state index >= 15 is 0 Å². The number of hydrogen-bond donors (Lipinski definition) is 4. The van der Waals surface area contributed by atoms with Crippen LogP contribution in [0, 0.1) is 0 Å². The van der Waals surface area contributed by atoms with Crippen molar-refractivity contribution < 1.29 is 32.7 Å². The average Bonchev–Trinajstić information content (AvgIpc) is 3.29. The fraction of sp³-hybridized carbons (Fsp3) is 0.308. The molecule has 9 nitrogen and oxygen atoms in total. The molecule has 206 valence electrons. The molecule has 13 heteroatoms. The Hall–Kier alpha value is -4.13. The second-order valence-electron chi connectivity index (χ2n) is 9.17. The first-order chi connectivity index (χ1) is 18.5. The molecule has 0 radical (unpaired) electrons. The first-order valence-electron chi connectivity index (χ1n) is 12.1. The monoisotopic (exact) mass is 561 g/mol. The lowest BCUT2D eigenvalue weighted by molar-refractivity contribution is -0.137. The average molecular weight is 562 g/mol. The third-order valence-corrected chi connectivity index (χ3v) is 7.36. The molecule has 0 aliphatic heterocycles. The van der Waals surface area contributed by atoms with Gasteiger partial charge in [-0.3, -0.25) is 19.3 Å². The van der Waals surface area contributed by atoms with Crippen LogP contribution in [0.2, 0.25) is 0 Å². The fourth-order valence-electron chi connectivity index (χ4n) is 4.63. The summed E-state index contributed by atoms with van der Waals surface area (Å²) in [5.41, 5.74) is 8.83. The molecule has 3 amide bonds. The first kappa shape index (κ1) is 27.9. The van der Waals surface area contributed by atoms with Gasteiger partial charge < -0.3 is 21.9 Å². The molecule has 1 fully saturated rings. The Morgan fingerprint density at radius 3 is 2.28 bits per heavy atom. The van der Waals surface area contributed by atoms with Crippen LogP contribution in [0.25, 0.3) is 0 Å². The standard InChI is InChI=1S/C26H26F3N5O4S/c27-26(28,29)17-8-4-5-9-18(17)34(25(38)22-19(30)20(23(31)36)33-39-22)21(14-10-12-16(35)13-11-14)24(37)32-15-6-2-1-3-7-15/h4-5,8-13,15,21,35H,1-3,6-7,30H2,(H2,31,36)(H,32,37)/t21-/m0/s1. The highest BCUT2D eigenvalue weighted by Crippen LogP contribution is 2.41. The van der Waals surface area contributed by atoms with Crippen molar-refractivity contribution in [3.8, 4) is 5.75 Å². The van der Waals surface area contributed by atoms with Gasteiger partial charge in [-0.05, 0) is 54.2 Å². The second kappa shape index (κ2) is 11.3. The van der Waals surface area contributed by atoms with E-state index in [1.807, 2.05) is 0 Å². The van der Waals surface area contributed by atoms with Gasteiger partial charge in [0.1, 0.15) is 16.7 Å². The van der Waals surface area contributed by atoms with Crippen molar-refractivity contribution in [2.75, 3.05) is 10.6 Å². The van der Waals surface area contributed by atoms with Crippen LogP contribution < -0.4 is 21.7 Å². The highest BCUT2D eigenvalue weighted by Gasteiger charge is 2.42. The van der Waals surface area contributed by atoms with Crippen molar-refractivity contribution in [3.05, 3.63) is 70.2 Å². The summed E-state index contributed by atoms with van der Waals surface area (Å²) in [6, 6.07) is 7.76. The molecule has 1 aliphatic rings. The van der Waals surface area contributed by atoms with Gasteiger partial charge >= 0.3 is 6.18 Å². The number of benzene rings is 2. The number of alkyl halides is 3. The number of nitrogens with zero attached hydrogens (tertiary/aromatic N) is 2. The van der Waals surface area contributed by atoms with Crippen molar-refractivity contribution in [2.24, 2.45) is 5.73 Å². The Bertz CT molecular complexity index is 1370. The highest BCUT2D eigenvalue weighted by atomic mass is 32.1. The van der Waals surface area contributed by atoms with Gasteiger partial charge in [0.2, 0.25) is 5.91 Å². The summed E-state index contributed by atoms with van der Waals surface area (Å²) in [6.07, 6.45) is -0.755. The number of phenols is 1. The van der Waals surface area contributed by atoms with E-state index in [0.29, 0.717) is 29.3 Å². The van der Waals surface area contributed by atoms with Crippen molar-refractivity contribution in [2.45, 2.75) is 50.4 Å². The lowest BCUT2D eigenvalue weighted by Gasteiger charge is -2.34. The minimum atomic E-state index is -4.88. The third-order valence-electron chi connectivity index (χ3n) is 6.51. The topological polar surface area (TPSA) is 152 Å². The number of carbonyl (C=O) groups excluding carboxylic acids is 3. The molecule has 0 saturated heterocycles. The van der Waals surface area contributed by atoms with Crippen LogP contribution in [-0.4, -0.2) is 33.2 Å². The van der Waals surface area contributed by atoms with Crippen molar-refractivity contribution in [1.82, 2.24) is 9.69 Å². The zero-order valence-electron chi connectivity index (χ0n) is 20.6. The smallest absolute Gasteiger partial charge is 0.418 e. The Morgan fingerprint density at radius 1 is 1.05 bits per heavy atom. The van der Waals surface area contributed by atoms with Gasteiger partial charge in [0.25, 0.3) is 11.8 Å². The summed E-state index contributed by atoms with van der Waals surface area (Å²) in [4.78, 5) is 40.0. The van der Waals surface area contributed by atoms with Crippen molar-refractivity contribution in [1.29, 1.82) is 0 Å². The predicted molar refractivity (Wildman–Crippen MR) is 139 cm³/mol. The molecule has 39 heavy (non-hydrogen) atoms. The molecule has 1 saturated carbocycles. The van der Waals surface area contributed by atoms with E-state index in [1.165, 1.54) is 36.4 Å². The van der Waals surface area contributed by atoms with E-state index in [0.717, 1.165) is 31.4 Å². The van der Waals surface area contributed by atoms with E-state index < -0.39 is 52.6 Å². The highest BCUT2D eigenvalue weighted by molar-refractivity contribution is 7.09. The van der Waals surface area contributed by atoms with Crippen molar-refractivity contribution >= 4 is 40.6 Å². The van der Waals surface area contributed by atoms with E-state index in [2.05, 4.69) is 9.69 Å². The second-order valence-corrected chi connectivity index (χ2v) is 9.94. The molecular formula is C26H26F3N5O4S. The number of primary amides is 1. The van der Waals surface area contributed by atoms with Gasteiger partial charge in [0.15, 0.2) is 5.69 Å². The van der Waals surface area contributed by atoms with Gasteiger partial charge in [0.05, 0.1) is 16.9 Å². The Labute approximate surface area is 225 Å². The van der Waals surface area contributed by atoms with E-state index in [-0.39, 0.29) is 22.2 Å². The maximum atomic E-state index is 14.2. The predicted octanol–water partition coefficient (Wildman–Crippen LogP) is 4.39. The molecular weight excluding hydrogens is 535 g/mol. The van der Waals surface area contributed by atoms with Crippen LogP contribution in [0.3, 0.4) is 0 Å². The SMILES string of the molecule is NC(=O)c1nsc(C(=O)N(c2ccccc2C(F)(F)F)[C@H](C(=O)NC2CCCCC2)c2ccc(O)cc2)c1N. The number of nitrogens with two attached hydrogens (primary N) is 2. The van der Waals surface area contributed by atoms with Crippen LogP contribution in [0.5, 0.6) is 5.75 Å². The maximum Gasteiger partial charge on any atom is 0.418 e. The van der Waals surface area contributed by atoms with Crippen LogP contribution in [-0.2, 0) is 11.0 Å². The number of phenolic OH excluding ortho intramolecular Hbond substituents is 1. The van der Waals surface area contributed by atoms with Gasteiger partial charge in [0, 0.05) is 6.04 Å². The van der Waals surface area contributed by atoms with Crippen LogP contribution in [0.4, 0.5) is 24.5 Å². The number of aromatic nitrogens is 1. The quantitative estimate of drug-likeness (QED) is 0.336. The van der Waals surface area contributed by atoms with Gasteiger partial charge in [-0.1, -0.05) is 43.5 Å². The normalized spacial score (nSPS) is 14.9. The van der Waals surface area contributed by atoms with E-state index in [4.69, 9.17) is 11.5 Å². The minimum Gasteiger partial charge on any atom is -0.508 e. The minimum absolute atomic E-state index is 0.142. The van der Waals surface area contributed by atoms with Crippen LogP contribution in [0.15, 0.2) is 48.5 Å². The summed E-state index contributed by atoms with van der Waals surface area (Å²) in [5.74, 6) is -2.95. The molecule has 3 aromatic rings. The maximum absolute atomic E-state index is 14.2. The molecule has 1 atom stereocenters. The number of hydrogen-bond acceptors (Lipinski definition) is 7. The number of para-hydroxylation sites is 1. The number of nitrogen functional groups attached to an aromatic ring is 1. The van der Waals surface area contributed by atoms with Crippen LogP contribution >= 0.6 is 11.5 Å². The Balaban J connectivity index is 1.92. The molecule has 1 heterocycles. The summed E-state index contributed by atoms with van der Waals surface area (Å²) in [5, 5.41) is 12.7. The third kappa shape index (κ3) is 5.98. The zero-order chi connectivity index (χ0) is 28.3. The lowest BCUT2D eigenvalue weighted by Crippen LogP contribution is -2.47. The molecule has 0 spiro atoms. The first-order valence-corrected chi connectivity index (χ1v) is 12.9. The fourth-order valence-corrected chi connectivity index (χ4v) is 5.37. The molecule has 0 bridgehead atoms. The molecule has 0 unspecified atom stereocenters. The summed E-state index contributed by atoms with van der Waals surface area (Å²) in [6.45, 7) is 0. The zero-order valence-corrected chi connectivity index (χ0v) is 21.4. The number of carbonyl (C=O) groups is 3. The Morgan fingerprint density at radius 2 is 1.69 bits per heavy atom. The van der Waals surface area contributed by atoms with E-state index in [9.17, 15) is 32.7 Å². The number of anilines is 2. The number of halogens is 3. The molecule has 1 aromatic heterocycles. The number of aromatic hydroxyl groups is 1. The number of rotatable bonds is 7. The summed E-state index contributed by atoms with van der Waals surface area (Å²) >= 11 is 0.491. The van der Waals surface area contributed by atoms with Gasteiger partial charge in [-0.15, -0.1) is 0 Å². The van der Waals surface area contributed by atoms with Gasteiger partial charge in [-0.25, -0.2) is 0 Å². The van der Waals surface area contributed by atoms with Crippen LogP contribution in [0.1, 0.15) is 69.4 Å². The number of amides is 3. The summed E-state index contributed by atoms with van der Waals surface area (Å²) < 4.78 is 46.4. The van der Waals surface area contributed by atoms with E-state index in [1.54, 1.807) is 0 Å². The largest absolute Gasteiger partial charge is 0.508 e. The van der Waals surface area contributed by atoms with Crippen molar-refractivity contribution in [3.63, 3.8) is 0 Å².